The Balaban J connectivity index is 2.44. The number of hydrogen-bond donors (Lipinski definition) is 0. The van der Waals surface area contributed by atoms with Crippen LogP contribution in [0.25, 0.3) is 0 Å². The van der Waals surface area contributed by atoms with Crippen molar-refractivity contribution in [3.05, 3.63) is 0 Å². The summed E-state index contributed by atoms with van der Waals surface area (Å²) in [6.07, 6.45) is 4.27. The summed E-state index contributed by atoms with van der Waals surface area (Å²) in [6.45, 7) is 4.95. The molecule has 1 rings (SSSR count). The highest BCUT2D eigenvalue weighted by Crippen LogP contribution is 2.03. The third-order valence-electron chi connectivity index (χ3n) is 2.07. The standard InChI is InChI=1S/C9H16N2O/c1-2-3-6-11-7-4-5-10-9(11)8-12/h8H,2-7H2,1H3. The zero-order valence-electron chi connectivity index (χ0n) is 7.62. The van der Waals surface area contributed by atoms with Crippen LogP contribution in [-0.2, 0) is 4.79 Å². The second kappa shape index (κ2) is 4.91. The summed E-state index contributed by atoms with van der Waals surface area (Å²) in [5.74, 6) is 0.648. The Kier molecular flexibility index (Phi) is 3.77. The molecule has 1 aliphatic heterocycles. The van der Waals surface area contributed by atoms with Gasteiger partial charge in [0, 0.05) is 19.6 Å². The molecular formula is C9H16N2O. The fourth-order valence-corrected chi connectivity index (χ4v) is 1.36. The Morgan fingerprint density at radius 2 is 2.50 bits per heavy atom. The average molecular weight is 168 g/mol. The molecule has 0 aromatic heterocycles. The van der Waals surface area contributed by atoms with Crippen molar-refractivity contribution in [3.63, 3.8) is 0 Å². The first-order valence-electron chi connectivity index (χ1n) is 4.63. The number of carbonyl (C=O) groups excluding carboxylic acids is 1. The predicted molar refractivity (Wildman–Crippen MR) is 49.5 cm³/mol. The molecule has 0 radical (unpaired) electrons. The molecule has 68 valence electrons. The summed E-state index contributed by atoms with van der Waals surface area (Å²) < 4.78 is 0. The average Bonchev–Trinajstić information content (AvgIpc) is 2.15. The Morgan fingerprint density at radius 1 is 1.67 bits per heavy atom. The van der Waals surface area contributed by atoms with E-state index in [1.165, 1.54) is 6.42 Å². The molecule has 12 heavy (non-hydrogen) atoms. The summed E-state index contributed by atoms with van der Waals surface area (Å²) >= 11 is 0. The molecule has 0 fully saturated rings. The number of aliphatic imine (C=N–C) groups is 1. The van der Waals surface area contributed by atoms with E-state index in [1.54, 1.807) is 0 Å². The van der Waals surface area contributed by atoms with E-state index < -0.39 is 0 Å². The van der Waals surface area contributed by atoms with E-state index in [2.05, 4.69) is 16.8 Å². The number of unbranched alkanes of at least 4 members (excludes halogenated alkanes) is 1. The number of carbonyl (C=O) groups is 1. The minimum atomic E-state index is 0.648. The highest BCUT2D eigenvalue weighted by atomic mass is 16.1. The highest BCUT2D eigenvalue weighted by Gasteiger charge is 2.12. The second-order valence-electron chi connectivity index (χ2n) is 3.05. The fourth-order valence-electron chi connectivity index (χ4n) is 1.36. The Bertz CT molecular complexity index is 177. The van der Waals surface area contributed by atoms with Crippen molar-refractivity contribution in [2.24, 2.45) is 4.99 Å². The minimum absolute atomic E-state index is 0.648. The molecule has 0 aromatic carbocycles. The Hall–Kier alpha value is -0.860. The van der Waals surface area contributed by atoms with Crippen molar-refractivity contribution in [3.8, 4) is 0 Å². The van der Waals surface area contributed by atoms with Gasteiger partial charge in [-0.25, -0.2) is 0 Å². The van der Waals surface area contributed by atoms with Gasteiger partial charge in [0.1, 0.15) is 0 Å². The maximum absolute atomic E-state index is 10.6. The number of nitrogens with zero attached hydrogens (tertiary/aromatic N) is 2. The van der Waals surface area contributed by atoms with Crippen LogP contribution in [0.2, 0.25) is 0 Å². The lowest BCUT2D eigenvalue weighted by atomic mass is 10.2. The van der Waals surface area contributed by atoms with E-state index in [9.17, 15) is 4.79 Å². The van der Waals surface area contributed by atoms with Gasteiger partial charge in [-0.3, -0.25) is 9.79 Å². The molecule has 1 aliphatic rings. The Morgan fingerprint density at radius 3 is 3.17 bits per heavy atom. The van der Waals surface area contributed by atoms with Crippen LogP contribution in [0.5, 0.6) is 0 Å². The first-order valence-corrected chi connectivity index (χ1v) is 4.63. The van der Waals surface area contributed by atoms with Gasteiger partial charge in [-0.15, -0.1) is 0 Å². The van der Waals surface area contributed by atoms with E-state index in [0.29, 0.717) is 5.84 Å². The molecule has 3 nitrogen and oxygen atoms in total. The minimum Gasteiger partial charge on any atom is -0.354 e. The van der Waals surface area contributed by atoms with Crippen LogP contribution in [0.15, 0.2) is 4.99 Å². The normalized spacial score (nSPS) is 17.4. The van der Waals surface area contributed by atoms with Gasteiger partial charge in [-0.2, -0.15) is 0 Å². The Labute approximate surface area is 73.5 Å². The molecule has 1 heterocycles. The monoisotopic (exact) mass is 168 g/mol. The fraction of sp³-hybridized carbons (Fsp3) is 0.778. The van der Waals surface area contributed by atoms with Gasteiger partial charge in [0.2, 0.25) is 0 Å². The molecule has 0 atom stereocenters. The zero-order valence-corrected chi connectivity index (χ0v) is 7.62. The van der Waals surface area contributed by atoms with Crippen molar-refractivity contribution in [2.75, 3.05) is 19.6 Å². The summed E-state index contributed by atoms with van der Waals surface area (Å²) in [5, 5.41) is 0. The molecule has 0 bridgehead atoms. The van der Waals surface area contributed by atoms with E-state index in [1.807, 2.05) is 0 Å². The third-order valence-corrected chi connectivity index (χ3v) is 2.07. The van der Waals surface area contributed by atoms with E-state index in [-0.39, 0.29) is 0 Å². The number of aldehydes is 1. The molecule has 0 saturated carbocycles. The van der Waals surface area contributed by atoms with Crippen LogP contribution in [-0.4, -0.2) is 36.7 Å². The quantitative estimate of drug-likeness (QED) is 0.589. The van der Waals surface area contributed by atoms with Crippen molar-refractivity contribution >= 4 is 12.1 Å². The van der Waals surface area contributed by atoms with Gasteiger partial charge < -0.3 is 4.90 Å². The molecular weight excluding hydrogens is 152 g/mol. The number of amidine groups is 1. The van der Waals surface area contributed by atoms with Gasteiger partial charge in [0.05, 0.1) is 0 Å². The highest BCUT2D eigenvalue weighted by molar-refractivity contribution is 6.27. The van der Waals surface area contributed by atoms with Crippen molar-refractivity contribution in [1.82, 2.24) is 4.90 Å². The lowest BCUT2D eigenvalue weighted by Gasteiger charge is -2.26. The largest absolute Gasteiger partial charge is 0.354 e. The van der Waals surface area contributed by atoms with Crippen LogP contribution in [0.1, 0.15) is 26.2 Å². The van der Waals surface area contributed by atoms with Gasteiger partial charge in [-0.1, -0.05) is 13.3 Å². The molecule has 0 N–H and O–H groups in total. The first kappa shape index (κ1) is 9.23. The number of rotatable bonds is 4. The molecule has 0 aliphatic carbocycles. The second-order valence-corrected chi connectivity index (χ2v) is 3.05. The lowest BCUT2D eigenvalue weighted by Crippen LogP contribution is -2.37. The van der Waals surface area contributed by atoms with Gasteiger partial charge >= 0.3 is 0 Å². The maximum atomic E-state index is 10.6. The lowest BCUT2D eigenvalue weighted by molar-refractivity contribution is -0.103. The molecule has 0 unspecified atom stereocenters. The SMILES string of the molecule is CCCCN1CCCN=C1C=O. The van der Waals surface area contributed by atoms with Crippen LogP contribution in [0, 0.1) is 0 Å². The molecule has 0 aromatic rings. The van der Waals surface area contributed by atoms with Gasteiger partial charge in [0.15, 0.2) is 12.1 Å². The smallest absolute Gasteiger partial charge is 0.184 e. The van der Waals surface area contributed by atoms with Crippen LogP contribution < -0.4 is 0 Å². The summed E-state index contributed by atoms with van der Waals surface area (Å²) in [5.41, 5.74) is 0. The van der Waals surface area contributed by atoms with Gasteiger partial charge in [0.25, 0.3) is 0 Å². The van der Waals surface area contributed by atoms with Crippen molar-refractivity contribution in [1.29, 1.82) is 0 Å². The van der Waals surface area contributed by atoms with E-state index >= 15 is 0 Å². The van der Waals surface area contributed by atoms with Crippen LogP contribution in [0.3, 0.4) is 0 Å². The van der Waals surface area contributed by atoms with Crippen LogP contribution >= 0.6 is 0 Å². The number of hydrogen-bond acceptors (Lipinski definition) is 3. The summed E-state index contributed by atoms with van der Waals surface area (Å²) in [7, 11) is 0. The topological polar surface area (TPSA) is 32.7 Å². The maximum Gasteiger partial charge on any atom is 0.184 e. The van der Waals surface area contributed by atoms with Gasteiger partial charge in [-0.05, 0) is 12.8 Å². The van der Waals surface area contributed by atoms with Crippen LogP contribution in [0.4, 0.5) is 0 Å². The zero-order chi connectivity index (χ0) is 8.81. The van der Waals surface area contributed by atoms with Crippen molar-refractivity contribution in [2.45, 2.75) is 26.2 Å². The third kappa shape index (κ3) is 2.32. The molecule has 3 heteroatoms. The predicted octanol–water partition coefficient (Wildman–Crippen LogP) is 1.09. The summed E-state index contributed by atoms with van der Waals surface area (Å²) in [6, 6.07) is 0. The van der Waals surface area contributed by atoms with E-state index in [4.69, 9.17) is 0 Å². The first-order chi connectivity index (χ1) is 5.88. The molecule has 0 amide bonds. The van der Waals surface area contributed by atoms with Crippen molar-refractivity contribution < 1.29 is 4.79 Å². The molecule has 0 spiro atoms. The molecule has 0 saturated heterocycles. The summed E-state index contributed by atoms with van der Waals surface area (Å²) in [4.78, 5) is 16.8. The van der Waals surface area contributed by atoms with E-state index in [0.717, 1.165) is 38.8 Å².